The number of nitrogen functional groups attached to an aromatic ring is 1. The van der Waals surface area contributed by atoms with E-state index in [0.29, 0.717) is 6.04 Å². The number of benzene rings is 1. The third-order valence-electron chi connectivity index (χ3n) is 4.27. The first-order valence-corrected chi connectivity index (χ1v) is 7.79. The third kappa shape index (κ3) is 2.50. The van der Waals surface area contributed by atoms with Crippen molar-refractivity contribution in [3.05, 3.63) is 41.2 Å². The van der Waals surface area contributed by atoms with Gasteiger partial charge in [-0.15, -0.1) is 0 Å². The van der Waals surface area contributed by atoms with E-state index in [1.54, 1.807) is 0 Å². The van der Waals surface area contributed by atoms with Crippen molar-refractivity contribution in [2.45, 2.75) is 46.2 Å². The molecule has 3 rings (SSSR count). The van der Waals surface area contributed by atoms with E-state index in [-0.39, 0.29) is 0 Å². The molecule has 21 heavy (non-hydrogen) atoms. The summed E-state index contributed by atoms with van der Waals surface area (Å²) < 4.78 is 2.29. The topological polar surface area (TPSA) is 47.1 Å². The maximum Gasteiger partial charge on any atom is 0.206 e. The van der Waals surface area contributed by atoms with Crippen molar-refractivity contribution in [1.82, 2.24) is 9.55 Å². The first kappa shape index (κ1) is 14.0. The Kier molecular flexibility index (Phi) is 3.62. The minimum Gasteiger partial charge on any atom is -0.398 e. The predicted octanol–water partition coefficient (Wildman–Crippen LogP) is 3.17. The van der Waals surface area contributed by atoms with Crippen LogP contribution < -0.4 is 10.6 Å². The van der Waals surface area contributed by atoms with Gasteiger partial charge in [0.25, 0.3) is 0 Å². The van der Waals surface area contributed by atoms with E-state index in [2.05, 4.69) is 42.5 Å². The lowest BCUT2D eigenvalue weighted by atomic mass is 9.98. The number of nitrogens with zero attached hydrogens (tertiary/aromatic N) is 3. The van der Waals surface area contributed by atoms with E-state index in [4.69, 9.17) is 10.7 Å². The van der Waals surface area contributed by atoms with Crippen LogP contribution in [0.15, 0.2) is 24.4 Å². The van der Waals surface area contributed by atoms with Crippen molar-refractivity contribution in [3.63, 3.8) is 0 Å². The number of aromatic nitrogens is 2. The molecule has 2 heterocycles. The fourth-order valence-corrected chi connectivity index (χ4v) is 3.03. The molecule has 4 heteroatoms. The summed E-state index contributed by atoms with van der Waals surface area (Å²) in [6, 6.07) is 6.65. The van der Waals surface area contributed by atoms with Gasteiger partial charge in [-0.3, -0.25) is 0 Å². The molecule has 1 aromatic heterocycles. The van der Waals surface area contributed by atoms with Gasteiger partial charge in [0.2, 0.25) is 5.95 Å². The van der Waals surface area contributed by atoms with Gasteiger partial charge in [0.15, 0.2) is 0 Å². The lowest BCUT2D eigenvalue weighted by Crippen LogP contribution is -2.33. The first-order chi connectivity index (χ1) is 10.1. The highest BCUT2D eigenvalue weighted by molar-refractivity contribution is 5.54. The second-order valence-corrected chi connectivity index (χ2v) is 6.04. The van der Waals surface area contributed by atoms with Gasteiger partial charge in [-0.05, 0) is 43.9 Å². The van der Waals surface area contributed by atoms with Crippen LogP contribution in [0.1, 0.15) is 43.6 Å². The third-order valence-corrected chi connectivity index (χ3v) is 4.27. The molecule has 0 bridgehead atoms. The maximum absolute atomic E-state index is 6.09. The molecule has 0 amide bonds. The number of hydrogen-bond acceptors (Lipinski definition) is 3. The highest BCUT2D eigenvalue weighted by Gasteiger charge is 2.22. The van der Waals surface area contributed by atoms with E-state index < -0.39 is 0 Å². The van der Waals surface area contributed by atoms with Gasteiger partial charge >= 0.3 is 0 Å². The Morgan fingerprint density at radius 3 is 2.86 bits per heavy atom. The van der Waals surface area contributed by atoms with E-state index in [1.807, 2.05) is 12.1 Å². The van der Waals surface area contributed by atoms with Gasteiger partial charge < -0.3 is 15.2 Å². The molecule has 0 saturated heterocycles. The molecule has 2 N–H and O–H groups in total. The number of anilines is 2. The van der Waals surface area contributed by atoms with Crippen LogP contribution in [-0.2, 0) is 19.4 Å². The summed E-state index contributed by atoms with van der Waals surface area (Å²) in [5.74, 6) is 1.09. The van der Waals surface area contributed by atoms with E-state index in [0.717, 1.165) is 43.3 Å². The van der Waals surface area contributed by atoms with Crippen molar-refractivity contribution in [2.75, 3.05) is 17.2 Å². The fourth-order valence-electron chi connectivity index (χ4n) is 3.03. The molecule has 1 aromatic carbocycles. The van der Waals surface area contributed by atoms with Crippen LogP contribution in [0.2, 0.25) is 0 Å². The zero-order valence-corrected chi connectivity index (χ0v) is 13.1. The zero-order chi connectivity index (χ0) is 15.0. The summed E-state index contributed by atoms with van der Waals surface area (Å²) in [6.45, 7) is 8.45. The average Bonchev–Trinajstić information content (AvgIpc) is 2.92. The molecule has 0 saturated carbocycles. The normalized spacial score (nSPS) is 14.6. The van der Waals surface area contributed by atoms with Crippen molar-refractivity contribution >= 4 is 11.6 Å². The number of imidazole rings is 1. The number of rotatable bonds is 3. The molecule has 0 unspecified atom stereocenters. The average molecular weight is 284 g/mol. The highest BCUT2D eigenvalue weighted by atomic mass is 15.3. The zero-order valence-electron chi connectivity index (χ0n) is 13.1. The molecule has 1 aliphatic heterocycles. The molecule has 0 atom stereocenters. The van der Waals surface area contributed by atoms with Crippen LogP contribution in [0.5, 0.6) is 0 Å². The van der Waals surface area contributed by atoms with Crippen molar-refractivity contribution in [1.29, 1.82) is 0 Å². The Balaban J connectivity index is 1.94. The Hall–Kier alpha value is -1.97. The minimum atomic E-state index is 0.426. The Morgan fingerprint density at radius 1 is 1.33 bits per heavy atom. The smallest absolute Gasteiger partial charge is 0.206 e. The largest absolute Gasteiger partial charge is 0.398 e. The van der Waals surface area contributed by atoms with Gasteiger partial charge in [-0.1, -0.05) is 19.1 Å². The summed E-state index contributed by atoms with van der Waals surface area (Å²) in [7, 11) is 0. The number of aryl methyl sites for hydroxylation is 1. The summed E-state index contributed by atoms with van der Waals surface area (Å²) in [4.78, 5) is 7.20. The van der Waals surface area contributed by atoms with E-state index in [9.17, 15) is 0 Å². The van der Waals surface area contributed by atoms with Crippen LogP contribution >= 0.6 is 0 Å². The fraction of sp³-hybridized carbons (Fsp3) is 0.471. The summed E-state index contributed by atoms with van der Waals surface area (Å²) in [5.41, 5.74) is 10.8. The van der Waals surface area contributed by atoms with Crippen molar-refractivity contribution in [3.8, 4) is 0 Å². The SMILES string of the molecule is CCc1cn(C(C)C)c(N2CCc3c(N)cccc3C2)n1. The lowest BCUT2D eigenvalue weighted by molar-refractivity contribution is 0.576. The molecule has 112 valence electrons. The van der Waals surface area contributed by atoms with Crippen LogP contribution in [0, 0.1) is 0 Å². The summed E-state index contributed by atoms with van der Waals surface area (Å²) in [5, 5.41) is 0. The molecule has 0 spiro atoms. The first-order valence-electron chi connectivity index (χ1n) is 7.79. The van der Waals surface area contributed by atoms with Gasteiger partial charge in [0.05, 0.1) is 5.69 Å². The monoisotopic (exact) mass is 284 g/mol. The van der Waals surface area contributed by atoms with Gasteiger partial charge in [0, 0.05) is 31.0 Å². The molecule has 0 aliphatic carbocycles. The molecule has 1 aliphatic rings. The van der Waals surface area contributed by atoms with Gasteiger partial charge in [0.1, 0.15) is 0 Å². The van der Waals surface area contributed by atoms with Crippen molar-refractivity contribution in [2.24, 2.45) is 0 Å². The van der Waals surface area contributed by atoms with Crippen LogP contribution in [0.25, 0.3) is 0 Å². The molecule has 4 nitrogen and oxygen atoms in total. The molecular weight excluding hydrogens is 260 g/mol. The van der Waals surface area contributed by atoms with Crippen LogP contribution in [-0.4, -0.2) is 16.1 Å². The second kappa shape index (κ2) is 5.43. The maximum atomic E-state index is 6.09. The molecule has 0 radical (unpaired) electrons. The molecule has 0 fully saturated rings. The van der Waals surface area contributed by atoms with Gasteiger partial charge in [-0.2, -0.15) is 0 Å². The number of nitrogens with two attached hydrogens (primary N) is 1. The van der Waals surface area contributed by atoms with Crippen LogP contribution in [0.4, 0.5) is 11.6 Å². The number of fused-ring (bicyclic) bond motifs is 1. The predicted molar refractivity (Wildman–Crippen MR) is 87.6 cm³/mol. The Bertz CT molecular complexity index is 642. The lowest BCUT2D eigenvalue weighted by Gasteiger charge is -2.31. The minimum absolute atomic E-state index is 0.426. The summed E-state index contributed by atoms with van der Waals surface area (Å²) in [6.07, 6.45) is 4.16. The highest BCUT2D eigenvalue weighted by Crippen LogP contribution is 2.28. The summed E-state index contributed by atoms with van der Waals surface area (Å²) >= 11 is 0. The quantitative estimate of drug-likeness (QED) is 0.881. The van der Waals surface area contributed by atoms with Crippen molar-refractivity contribution < 1.29 is 0 Å². The second-order valence-electron chi connectivity index (χ2n) is 6.04. The number of hydrogen-bond donors (Lipinski definition) is 1. The molecular formula is C17H24N4. The van der Waals surface area contributed by atoms with Gasteiger partial charge in [-0.25, -0.2) is 4.98 Å². The Labute approximate surface area is 126 Å². The van der Waals surface area contributed by atoms with E-state index in [1.165, 1.54) is 11.1 Å². The Morgan fingerprint density at radius 2 is 2.14 bits per heavy atom. The molecule has 2 aromatic rings. The van der Waals surface area contributed by atoms with Crippen LogP contribution in [0.3, 0.4) is 0 Å². The standard InChI is InChI=1S/C17H24N4/c1-4-14-11-21(12(2)3)17(19-14)20-9-8-15-13(10-20)6-5-7-16(15)18/h5-7,11-12H,4,8-10,18H2,1-3H3. The van der Waals surface area contributed by atoms with E-state index >= 15 is 0 Å².